The molecule has 0 aliphatic carbocycles. The molecule has 3 heterocycles. The van der Waals surface area contributed by atoms with Crippen LogP contribution in [0.3, 0.4) is 0 Å². The molecule has 6 nitrogen and oxygen atoms in total. The number of piperidine rings is 1. The van der Waals surface area contributed by atoms with E-state index in [2.05, 4.69) is 4.90 Å². The number of ether oxygens (including phenoxy) is 1. The van der Waals surface area contributed by atoms with E-state index in [0.717, 1.165) is 37.7 Å². The lowest BCUT2D eigenvalue weighted by Gasteiger charge is -2.39. The van der Waals surface area contributed by atoms with E-state index in [9.17, 15) is 17.2 Å². The van der Waals surface area contributed by atoms with Gasteiger partial charge in [0.05, 0.1) is 12.4 Å². The first-order chi connectivity index (χ1) is 14.6. The van der Waals surface area contributed by atoms with Gasteiger partial charge in [-0.1, -0.05) is 13.8 Å². The molecule has 0 amide bonds. The fourth-order valence-corrected chi connectivity index (χ4v) is 7.26. The zero-order valence-electron chi connectivity index (χ0n) is 18.2. The summed E-state index contributed by atoms with van der Waals surface area (Å²) in [6, 6.07) is 3.04. The van der Waals surface area contributed by atoms with Crippen molar-refractivity contribution in [3.05, 3.63) is 35.4 Å². The molecule has 0 spiro atoms. The maximum absolute atomic E-state index is 14.2. The molecule has 1 aromatic carbocycles. The molecule has 3 aliphatic heterocycles. The van der Waals surface area contributed by atoms with Crippen LogP contribution in [-0.2, 0) is 14.8 Å². The summed E-state index contributed by atoms with van der Waals surface area (Å²) in [7, 11) is -3.21. The number of sulfonamides is 1. The Bertz CT molecular complexity index is 898. The zero-order valence-corrected chi connectivity index (χ0v) is 19.0. The van der Waals surface area contributed by atoms with E-state index in [-0.39, 0.29) is 23.3 Å². The van der Waals surface area contributed by atoms with E-state index in [4.69, 9.17) is 10.5 Å². The standard InChI is InChI=1S/C22H33F2N3O3S/c1-14(2)13-31(28,29)27-6-5-15-9-26(10-16(15)11-27)18-8-21(25)22(30-12-18)19-7-17(23)3-4-20(19)24/h3-4,7,14-16,18,21-22H,5-6,8-13,25H2,1-2H3. The summed E-state index contributed by atoms with van der Waals surface area (Å²) in [5.74, 6) is 0.0762. The third-order valence-corrected chi connectivity index (χ3v) is 9.12. The van der Waals surface area contributed by atoms with Crippen LogP contribution in [0.5, 0.6) is 0 Å². The van der Waals surface area contributed by atoms with Gasteiger partial charge in [-0.2, -0.15) is 0 Å². The smallest absolute Gasteiger partial charge is 0.214 e. The molecule has 3 saturated heterocycles. The topological polar surface area (TPSA) is 75.9 Å². The second kappa shape index (κ2) is 9.02. The van der Waals surface area contributed by atoms with Crippen LogP contribution in [-0.4, -0.2) is 68.2 Å². The van der Waals surface area contributed by atoms with Gasteiger partial charge in [0.1, 0.15) is 17.7 Å². The van der Waals surface area contributed by atoms with Gasteiger partial charge in [0, 0.05) is 43.8 Å². The molecule has 9 heteroatoms. The Hall–Kier alpha value is -1.13. The van der Waals surface area contributed by atoms with E-state index >= 15 is 0 Å². The second-order valence-corrected chi connectivity index (χ2v) is 11.8. The highest BCUT2D eigenvalue weighted by molar-refractivity contribution is 7.89. The van der Waals surface area contributed by atoms with Crippen LogP contribution in [0.2, 0.25) is 0 Å². The minimum Gasteiger partial charge on any atom is -0.370 e. The van der Waals surface area contributed by atoms with Crippen molar-refractivity contribution in [3.8, 4) is 0 Å². The van der Waals surface area contributed by atoms with Crippen molar-refractivity contribution >= 4 is 10.0 Å². The van der Waals surface area contributed by atoms with Crippen LogP contribution in [0, 0.1) is 29.4 Å². The monoisotopic (exact) mass is 457 g/mol. The molecule has 3 fully saturated rings. The first-order valence-electron chi connectivity index (χ1n) is 11.2. The number of rotatable bonds is 5. The molecule has 2 N–H and O–H groups in total. The Kier molecular flexibility index (Phi) is 6.70. The lowest BCUT2D eigenvalue weighted by molar-refractivity contribution is -0.0480. The van der Waals surface area contributed by atoms with Crippen molar-refractivity contribution in [2.75, 3.05) is 38.5 Å². The third kappa shape index (κ3) is 4.95. The van der Waals surface area contributed by atoms with Crippen molar-refractivity contribution in [1.29, 1.82) is 0 Å². The van der Waals surface area contributed by atoms with Crippen LogP contribution >= 0.6 is 0 Å². The van der Waals surface area contributed by atoms with E-state index in [1.165, 1.54) is 0 Å². The van der Waals surface area contributed by atoms with Crippen LogP contribution in [0.1, 0.15) is 38.4 Å². The minimum absolute atomic E-state index is 0.106. The van der Waals surface area contributed by atoms with Crippen molar-refractivity contribution in [3.63, 3.8) is 0 Å². The molecule has 174 valence electrons. The number of hydrogen-bond donors (Lipinski definition) is 1. The van der Waals surface area contributed by atoms with Crippen LogP contribution in [0.25, 0.3) is 0 Å². The Morgan fingerprint density at radius 1 is 1.19 bits per heavy atom. The Labute approximate surface area is 183 Å². The minimum atomic E-state index is -3.21. The maximum atomic E-state index is 14.2. The Balaban J connectivity index is 1.37. The number of fused-ring (bicyclic) bond motifs is 1. The quantitative estimate of drug-likeness (QED) is 0.735. The summed E-state index contributed by atoms with van der Waals surface area (Å²) in [5.41, 5.74) is 6.50. The summed E-state index contributed by atoms with van der Waals surface area (Å²) in [4.78, 5) is 2.35. The van der Waals surface area contributed by atoms with Gasteiger partial charge in [-0.25, -0.2) is 21.5 Å². The Morgan fingerprint density at radius 2 is 1.94 bits per heavy atom. The molecular formula is C22H33F2N3O3S. The molecule has 5 atom stereocenters. The molecule has 4 rings (SSSR count). The predicted molar refractivity (Wildman–Crippen MR) is 115 cm³/mol. The fourth-order valence-electron chi connectivity index (χ4n) is 5.40. The van der Waals surface area contributed by atoms with Gasteiger partial charge < -0.3 is 10.5 Å². The normalized spacial score (nSPS) is 33.0. The number of benzene rings is 1. The number of nitrogens with two attached hydrogens (primary N) is 1. The Morgan fingerprint density at radius 3 is 2.65 bits per heavy atom. The number of likely N-dealkylation sites (tertiary alicyclic amines) is 1. The van der Waals surface area contributed by atoms with Gasteiger partial charge >= 0.3 is 0 Å². The largest absolute Gasteiger partial charge is 0.370 e. The number of nitrogens with zero attached hydrogens (tertiary/aromatic N) is 2. The molecule has 0 bridgehead atoms. The van der Waals surface area contributed by atoms with Crippen molar-refractivity contribution in [1.82, 2.24) is 9.21 Å². The lowest BCUT2D eigenvalue weighted by atomic mass is 9.90. The van der Waals surface area contributed by atoms with Crippen molar-refractivity contribution in [2.45, 2.75) is 44.9 Å². The molecule has 5 unspecified atom stereocenters. The molecule has 0 saturated carbocycles. The summed E-state index contributed by atoms with van der Waals surface area (Å²) in [5, 5.41) is 0. The molecule has 1 aromatic rings. The van der Waals surface area contributed by atoms with Gasteiger partial charge in [-0.3, -0.25) is 4.90 Å². The average Bonchev–Trinajstić information content (AvgIpc) is 3.12. The van der Waals surface area contributed by atoms with Crippen molar-refractivity contribution in [2.24, 2.45) is 23.5 Å². The van der Waals surface area contributed by atoms with E-state index in [1.54, 1.807) is 4.31 Å². The van der Waals surface area contributed by atoms with Gasteiger partial charge in [0.25, 0.3) is 0 Å². The van der Waals surface area contributed by atoms with Gasteiger partial charge in [-0.15, -0.1) is 0 Å². The summed E-state index contributed by atoms with van der Waals surface area (Å²) >= 11 is 0. The maximum Gasteiger partial charge on any atom is 0.214 e. The summed E-state index contributed by atoms with van der Waals surface area (Å²) in [6.45, 7) is 7.15. The highest BCUT2D eigenvalue weighted by atomic mass is 32.2. The van der Waals surface area contributed by atoms with Gasteiger partial charge in [0.2, 0.25) is 10.0 Å². The zero-order chi connectivity index (χ0) is 22.3. The molecule has 0 radical (unpaired) electrons. The van der Waals surface area contributed by atoms with Gasteiger partial charge in [-0.05, 0) is 48.8 Å². The second-order valence-electron chi connectivity index (χ2n) is 9.77. The SMILES string of the molecule is CC(C)CS(=O)(=O)N1CCC2CN(C3COC(c4cc(F)ccc4F)C(N)C3)CC2C1. The molecule has 31 heavy (non-hydrogen) atoms. The first kappa shape index (κ1) is 23.0. The lowest BCUT2D eigenvalue weighted by Crippen LogP contribution is -2.49. The highest BCUT2D eigenvalue weighted by Gasteiger charge is 2.44. The van der Waals surface area contributed by atoms with Crippen LogP contribution in [0.15, 0.2) is 18.2 Å². The molecule has 3 aliphatic rings. The van der Waals surface area contributed by atoms with Crippen LogP contribution in [0.4, 0.5) is 8.78 Å². The summed E-state index contributed by atoms with van der Waals surface area (Å²) < 4.78 is 60.7. The fraction of sp³-hybridized carbons (Fsp3) is 0.727. The van der Waals surface area contributed by atoms with E-state index < -0.39 is 33.8 Å². The predicted octanol–water partition coefficient (Wildman–Crippen LogP) is 2.36. The summed E-state index contributed by atoms with van der Waals surface area (Å²) in [6.07, 6.45) is 0.846. The highest BCUT2D eigenvalue weighted by Crippen LogP contribution is 2.37. The van der Waals surface area contributed by atoms with Crippen molar-refractivity contribution < 1.29 is 21.9 Å². The molecule has 0 aromatic heterocycles. The van der Waals surface area contributed by atoms with E-state index in [1.807, 2.05) is 13.8 Å². The third-order valence-electron chi connectivity index (χ3n) is 6.91. The first-order valence-corrected chi connectivity index (χ1v) is 12.8. The molecular weight excluding hydrogens is 424 g/mol. The van der Waals surface area contributed by atoms with Gasteiger partial charge in [0.15, 0.2) is 0 Å². The number of halogens is 2. The average molecular weight is 458 g/mol. The van der Waals surface area contributed by atoms with E-state index in [0.29, 0.717) is 38.0 Å². The van der Waals surface area contributed by atoms with Crippen LogP contribution < -0.4 is 5.73 Å². The number of hydrogen-bond acceptors (Lipinski definition) is 5.